The average Bonchev–Trinajstić information content (AvgIpc) is 3.39. The topological polar surface area (TPSA) is 66.8 Å². The highest BCUT2D eigenvalue weighted by Crippen LogP contribution is 2.39. The average molecular weight is 435 g/mol. The molecule has 3 aromatic heterocycles. The van der Waals surface area contributed by atoms with Crippen LogP contribution in [-0.4, -0.2) is 32.6 Å². The van der Waals surface area contributed by atoms with Crippen molar-refractivity contribution in [3.05, 3.63) is 63.8 Å². The number of hydrogen-bond acceptors (Lipinski definition) is 4. The zero-order valence-corrected chi connectivity index (χ0v) is 17.6. The second-order valence-electron chi connectivity index (χ2n) is 8.82. The fourth-order valence-corrected chi connectivity index (χ4v) is 5.01. The lowest BCUT2D eigenvalue weighted by Gasteiger charge is -2.25. The maximum atomic E-state index is 14.4. The smallest absolute Gasteiger partial charge is 0.248 e. The van der Waals surface area contributed by atoms with Gasteiger partial charge in [0.05, 0.1) is 17.7 Å². The van der Waals surface area contributed by atoms with Crippen molar-refractivity contribution in [2.24, 2.45) is 0 Å². The van der Waals surface area contributed by atoms with Gasteiger partial charge in [-0.25, -0.2) is 18.7 Å². The van der Waals surface area contributed by atoms with Crippen molar-refractivity contribution >= 4 is 27.8 Å². The summed E-state index contributed by atoms with van der Waals surface area (Å²) in [5.41, 5.74) is 2.80. The molecule has 6 rings (SSSR count). The first-order chi connectivity index (χ1) is 15.6. The first kappa shape index (κ1) is 19.4. The molecule has 4 aromatic rings. The van der Waals surface area contributed by atoms with Crippen molar-refractivity contribution in [2.45, 2.75) is 44.6 Å². The summed E-state index contributed by atoms with van der Waals surface area (Å²) in [4.78, 5) is 26.8. The van der Waals surface area contributed by atoms with Gasteiger partial charge in [-0.2, -0.15) is 0 Å². The minimum Gasteiger partial charge on any atom is -0.370 e. The first-order valence-electron chi connectivity index (χ1n) is 11.2. The quantitative estimate of drug-likeness (QED) is 0.514. The predicted molar refractivity (Wildman–Crippen MR) is 119 cm³/mol. The Morgan fingerprint density at radius 1 is 1.09 bits per heavy atom. The van der Waals surface area contributed by atoms with Gasteiger partial charge in [0.25, 0.3) is 0 Å². The molecule has 1 aromatic carbocycles. The van der Waals surface area contributed by atoms with Gasteiger partial charge in [0, 0.05) is 36.7 Å². The van der Waals surface area contributed by atoms with E-state index in [1.54, 1.807) is 0 Å². The third-order valence-corrected chi connectivity index (χ3v) is 6.88. The molecule has 1 saturated heterocycles. The standard InChI is InChI=1S/C24H23F2N5O/c25-17-7-6-16-15(12-19(32)28-21(16)20(17)26)13-31-23(14-4-3-5-14)29-22-18(8-9-27-24(22)31)30-10-1-2-11-30/h6-9,12,14H,1-5,10-11,13H2,(H,28,32). The van der Waals surface area contributed by atoms with Crippen LogP contribution in [0.2, 0.25) is 0 Å². The Morgan fingerprint density at radius 3 is 2.66 bits per heavy atom. The summed E-state index contributed by atoms with van der Waals surface area (Å²) >= 11 is 0. The lowest BCUT2D eigenvalue weighted by atomic mass is 9.85. The van der Waals surface area contributed by atoms with E-state index in [2.05, 4.69) is 19.4 Å². The SMILES string of the molecule is O=c1cc(Cn2c(C3CCC3)nc3c(N4CCCC4)ccnc32)c2ccc(F)c(F)c2[nH]1. The maximum Gasteiger partial charge on any atom is 0.248 e. The van der Waals surface area contributed by atoms with Crippen molar-refractivity contribution in [1.82, 2.24) is 19.5 Å². The van der Waals surface area contributed by atoms with Crippen molar-refractivity contribution in [1.29, 1.82) is 0 Å². The van der Waals surface area contributed by atoms with Crippen LogP contribution in [0.5, 0.6) is 0 Å². The Hall–Kier alpha value is -3.29. The number of imidazole rings is 1. The van der Waals surface area contributed by atoms with Gasteiger partial charge < -0.3 is 14.5 Å². The molecule has 6 nitrogen and oxygen atoms in total. The van der Waals surface area contributed by atoms with Gasteiger partial charge >= 0.3 is 0 Å². The summed E-state index contributed by atoms with van der Waals surface area (Å²) in [7, 11) is 0. The fourth-order valence-electron chi connectivity index (χ4n) is 5.01. The number of halogens is 2. The van der Waals surface area contributed by atoms with Gasteiger partial charge in [-0.3, -0.25) is 4.79 Å². The van der Waals surface area contributed by atoms with E-state index in [0.717, 1.165) is 54.7 Å². The Balaban J connectivity index is 1.54. The van der Waals surface area contributed by atoms with Crippen molar-refractivity contribution < 1.29 is 8.78 Å². The van der Waals surface area contributed by atoms with Crippen molar-refractivity contribution in [3.8, 4) is 0 Å². The molecule has 1 N–H and O–H groups in total. The van der Waals surface area contributed by atoms with Crippen LogP contribution in [0, 0.1) is 11.6 Å². The molecule has 0 bridgehead atoms. The summed E-state index contributed by atoms with van der Waals surface area (Å²) in [6.07, 6.45) is 7.45. The number of nitrogens with zero attached hydrogens (tertiary/aromatic N) is 4. The Labute approximate surface area is 182 Å². The normalized spacial score (nSPS) is 16.9. The monoisotopic (exact) mass is 435 g/mol. The van der Waals surface area contributed by atoms with Crippen LogP contribution in [0.15, 0.2) is 35.3 Å². The number of aromatic amines is 1. The van der Waals surface area contributed by atoms with E-state index in [9.17, 15) is 13.6 Å². The van der Waals surface area contributed by atoms with Crippen molar-refractivity contribution in [3.63, 3.8) is 0 Å². The molecule has 0 unspecified atom stereocenters. The number of aromatic nitrogens is 4. The molecule has 2 fully saturated rings. The lowest BCUT2D eigenvalue weighted by Crippen LogP contribution is -2.18. The van der Waals surface area contributed by atoms with E-state index in [1.807, 2.05) is 12.3 Å². The number of rotatable bonds is 4. The fraction of sp³-hybridized carbons (Fsp3) is 0.375. The minimum absolute atomic E-state index is 0.104. The molecule has 2 aliphatic rings. The number of hydrogen-bond donors (Lipinski definition) is 1. The Kier molecular flexibility index (Phi) is 4.48. The molecular weight excluding hydrogens is 412 g/mol. The zero-order chi connectivity index (χ0) is 21.8. The van der Waals surface area contributed by atoms with E-state index in [4.69, 9.17) is 4.98 Å². The highest BCUT2D eigenvalue weighted by Gasteiger charge is 2.28. The van der Waals surface area contributed by atoms with Gasteiger partial charge in [0.1, 0.15) is 11.3 Å². The van der Waals surface area contributed by atoms with E-state index < -0.39 is 17.2 Å². The molecule has 8 heteroatoms. The van der Waals surface area contributed by atoms with Crippen LogP contribution in [0.25, 0.3) is 22.1 Å². The molecule has 164 valence electrons. The minimum atomic E-state index is -1.04. The Morgan fingerprint density at radius 2 is 1.91 bits per heavy atom. The van der Waals surface area contributed by atoms with Crippen LogP contribution in [0.4, 0.5) is 14.5 Å². The number of H-pyrrole nitrogens is 1. The molecular formula is C24H23F2N5O. The second kappa shape index (κ2) is 7.39. The zero-order valence-electron chi connectivity index (χ0n) is 17.6. The molecule has 1 saturated carbocycles. The van der Waals surface area contributed by atoms with E-state index in [-0.39, 0.29) is 5.52 Å². The predicted octanol–water partition coefficient (Wildman–Crippen LogP) is 4.47. The van der Waals surface area contributed by atoms with E-state index in [0.29, 0.717) is 23.4 Å². The molecule has 1 aliphatic carbocycles. The third kappa shape index (κ3) is 3.00. The lowest BCUT2D eigenvalue weighted by molar-refractivity contribution is 0.391. The number of anilines is 1. The molecule has 0 atom stereocenters. The van der Waals surface area contributed by atoms with Crippen LogP contribution in [0.1, 0.15) is 49.4 Å². The maximum absolute atomic E-state index is 14.4. The Bertz CT molecular complexity index is 1400. The highest BCUT2D eigenvalue weighted by atomic mass is 19.2. The van der Waals surface area contributed by atoms with Crippen LogP contribution in [0.3, 0.4) is 0 Å². The van der Waals surface area contributed by atoms with E-state index >= 15 is 0 Å². The molecule has 4 heterocycles. The van der Waals surface area contributed by atoms with Crippen LogP contribution < -0.4 is 10.5 Å². The summed E-state index contributed by atoms with van der Waals surface area (Å²) in [5, 5.41) is 0.487. The first-order valence-corrected chi connectivity index (χ1v) is 11.2. The molecule has 0 spiro atoms. The largest absolute Gasteiger partial charge is 0.370 e. The van der Waals surface area contributed by atoms with Gasteiger partial charge in [0.2, 0.25) is 5.56 Å². The third-order valence-electron chi connectivity index (χ3n) is 6.88. The summed E-state index contributed by atoms with van der Waals surface area (Å²) in [6, 6.07) is 6.10. The van der Waals surface area contributed by atoms with E-state index in [1.165, 1.54) is 31.4 Å². The highest BCUT2D eigenvalue weighted by molar-refractivity contribution is 5.87. The summed E-state index contributed by atoms with van der Waals surface area (Å²) in [6.45, 7) is 2.34. The van der Waals surface area contributed by atoms with Gasteiger partial charge in [-0.15, -0.1) is 0 Å². The van der Waals surface area contributed by atoms with Gasteiger partial charge in [0.15, 0.2) is 17.3 Å². The summed E-state index contributed by atoms with van der Waals surface area (Å²) in [5.74, 6) is -0.712. The number of benzene rings is 1. The molecule has 0 radical (unpaired) electrons. The molecule has 0 amide bonds. The van der Waals surface area contributed by atoms with Gasteiger partial charge in [-0.05, 0) is 49.4 Å². The molecule has 1 aliphatic heterocycles. The van der Waals surface area contributed by atoms with Crippen molar-refractivity contribution in [2.75, 3.05) is 18.0 Å². The molecule has 32 heavy (non-hydrogen) atoms. The number of pyridine rings is 2. The second-order valence-corrected chi connectivity index (χ2v) is 8.82. The van der Waals surface area contributed by atoms with Crippen LogP contribution >= 0.6 is 0 Å². The number of nitrogens with one attached hydrogen (secondary N) is 1. The number of fused-ring (bicyclic) bond motifs is 2. The summed E-state index contributed by atoms with van der Waals surface area (Å²) < 4.78 is 30.3. The van der Waals surface area contributed by atoms with Crippen LogP contribution in [-0.2, 0) is 6.54 Å². The van der Waals surface area contributed by atoms with Gasteiger partial charge in [-0.1, -0.05) is 6.42 Å².